The number of aliphatic hydroxyl groups is 1. The van der Waals surface area contributed by atoms with Crippen LogP contribution in [0.3, 0.4) is 0 Å². The van der Waals surface area contributed by atoms with E-state index in [2.05, 4.69) is 18.7 Å². The lowest BCUT2D eigenvalue weighted by Crippen LogP contribution is -2.48. The molecule has 2 rings (SSSR count). The van der Waals surface area contributed by atoms with Gasteiger partial charge in [0.05, 0.1) is 18.3 Å². The Bertz CT molecular complexity index is 432. The van der Waals surface area contributed by atoms with Gasteiger partial charge in [-0.3, -0.25) is 0 Å². The Morgan fingerprint density at radius 2 is 2.17 bits per heavy atom. The zero-order valence-corrected chi connectivity index (χ0v) is 11.9. The summed E-state index contributed by atoms with van der Waals surface area (Å²) in [4.78, 5) is 2.27. The molecule has 0 saturated carbocycles. The number of hydrogen-bond donors (Lipinski definition) is 1. The Labute approximate surface area is 113 Å². The summed E-state index contributed by atoms with van der Waals surface area (Å²) in [6.07, 6.45) is -0.535. The van der Waals surface area contributed by atoms with Crippen molar-refractivity contribution < 1.29 is 9.84 Å². The Morgan fingerprint density at radius 3 is 2.72 bits per heavy atom. The van der Waals surface area contributed by atoms with Crippen molar-refractivity contribution in [3.8, 4) is 0 Å². The van der Waals surface area contributed by atoms with Crippen molar-refractivity contribution in [1.29, 1.82) is 0 Å². The fourth-order valence-electron chi connectivity index (χ4n) is 2.29. The number of benzene rings is 1. The van der Waals surface area contributed by atoms with Crippen molar-refractivity contribution in [1.82, 2.24) is 0 Å². The van der Waals surface area contributed by atoms with E-state index in [4.69, 9.17) is 16.3 Å². The van der Waals surface area contributed by atoms with Gasteiger partial charge in [0.2, 0.25) is 0 Å². The van der Waals surface area contributed by atoms with Gasteiger partial charge in [-0.25, -0.2) is 0 Å². The van der Waals surface area contributed by atoms with Crippen LogP contribution in [0, 0.1) is 0 Å². The minimum atomic E-state index is -0.535. The molecule has 1 unspecified atom stereocenters. The fourth-order valence-corrected chi connectivity index (χ4v) is 2.62. The standard InChI is InChI=1S/C14H20ClNO2/c1-10(17)12-5-4-11(8-13(12)15)16-6-7-18-14(2,3)9-16/h4-5,8,10,17H,6-7,9H2,1-3H3. The van der Waals surface area contributed by atoms with E-state index in [1.165, 1.54) is 0 Å². The molecule has 1 aliphatic heterocycles. The number of anilines is 1. The van der Waals surface area contributed by atoms with Crippen molar-refractivity contribution in [3.63, 3.8) is 0 Å². The number of aliphatic hydroxyl groups excluding tert-OH is 1. The molecule has 0 spiro atoms. The summed E-state index contributed by atoms with van der Waals surface area (Å²) in [5.41, 5.74) is 1.72. The van der Waals surface area contributed by atoms with Crippen LogP contribution in [-0.2, 0) is 4.74 Å². The van der Waals surface area contributed by atoms with Crippen LogP contribution in [-0.4, -0.2) is 30.4 Å². The molecule has 1 aromatic rings. The number of nitrogens with zero attached hydrogens (tertiary/aromatic N) is 1. The third-order valence-electron chi connectivity index (χ3n) is 3.22. The van der Waals surface area contributed by atoms with Crippen molar-refractivity contribution in [2.75, 3.05) is 24.6 Å². The lowest BCUT2D eigenvalue weighted by molar-refractivity contribution is -0.0276. The van der Waals surface area contributed by atoms with Crippen molar-refractivity contribution in [2.45, 2.75) is 32.5 Å². The van der Waals surface area contributed by atoms with Gasteiger partial charge in [-0.2, -0.15) is 0 Å². The number of morpholine rings is 1. The molecule has 3 nitrogen and oxygen atoms in total. The van der Waals surface area contributed by atoms with E-state index in [9.17, 15) is 5.11 Å². The van der Waals surface area contributed by atoms with E-state index in [0.717, 1.165) is 30.9 Å². The zero-order valence-electron chi connectivity index (χ0n) is 11.1. The minimum Gasteiger partial charge on any atom is -0.389 e. The van der Waals surface area contributed by atoms with E-state index in [1.54, 1.807) is 6.92 Å². The highest BCUT2D eigenvalue weighted by Crippen LogP contribution is 2.30. The number of ether oxygens (including phenoxy) is 1. The monoisotopic (exact) mass is 269 g/mol. The molecule has 0 radical (unpaired) electrons. The van der Waals surface area contributed by atoms with E-state index >= 15 is 0 Å². The Morgan fingerprint density at radius 1 is 1.44 bits per heavy atom. The van der Waals surface area contributed by atoms with Gasteiger partial charge in [0.15, 0.2) is 0 Å². The summed E-state index contributed by atoms with van der Waals surface area (Å²) in [7, 11) is 0. The van der Waals surface area contributed by atoms with Gasteiger partial charge >= 0.3 is 0 Å². The molecule has 1 aromatic carbocycles. The van der Waals surface area contributed by atoms with Gasteiger partial charge in [-0.05, 0) is 38.5 Å². The van der Waals surface area contributed by atoms with E-state index < -0.39 is 6.10 Å². The number of rotatable bonds is 2. The first kappa shape index (κ1) is 13.7. The first-order chi connectivity index (χ1) is 8.39. The smallest absolute Gasteiger partial charge is 0.0801 e. The maximum Gasteiger partial charge on any atom is 0.0801 e. The lowest BCUT2D eigenvalue weighted by Gasteiger charge is -2.39. The highest BCUT2D eigenvalue weighted by molar-refractivity contribution is 6.31. The van der Waals surface area contributed by atoms with E-state index in [-0.39, 0.29) is 5.60 Å². The molecule has 1 aliphatic rings. The summed E-state index contributed by atoms with van der Waals surface area (Å²) in [5.74, 6) is 0. The molecule has 1 N–H and O–H groups in total. The Kier molecular flexibility index (Phi) is 3.85. The number of halogens is 1. The molecule has 0 aliphatic carbocycles. The largest absolute Gasteiger partial charge is 0.389 e. The van der Waals surface area contributed by atoms with E-state index in [0.29, 0.717) is 5.02 Å². The summed E-state index contributed by atoms with van der Waals surface area (Å²) in [5, 5.41) is 10.2. The average Bonchev–Trinajstić information content (AvgIpc) is 2.27. The molecule has 4 heteroatoms. The molecule has 18 heavy (non-hydrogen) atoms. The van der Waals surface area contributed by atoms with Crippen LogP contribution < -0.4 is 4.90 Å². The molecule has 1 fully saturated rings. The Hall–Kier alpha value is -0.770. The topological polar surface area (TPSA) is 32.7 Å². The molecule has 1 heterocycles. The summed E-state index contributed by atoms with van der Waals surface area (Å²) in [6, 6.07) is 5.82. The molecular weight excluding hydrogens is 250 g/mol. The van der Waals surface area contributed by atoms with Crippen LogP contribution in [0.4, 0.5) is 5.69 Å². The molecule has 0 amide bonds. The highest BCUT2D eigenvalue weighted by atomic mass is 35.5. The lowest BCUT2D eigenvalue weighted by atomic mass is 10.1. The summed E-state index contributed by atoms with van der Waals surface area (Å²) >= 11 is 6.20. The quantitative estimate of drug-likeness (QED) is 0.896. The van der Waals surface area contributed by atoms with Gasteiger partial charge in [0.25, 0.3) is 0 Å². The number of hydrogen-bond acceptors (Lipinski definition) is 3. The van der Waals surface area contributed by atoms with Crippen LogP contribution in [0.2, 0.25) is 5.02 Å². The van der Waals surface area contributed by atoms with Gasteiger partial charge in [0, 0.05) is 23.8 Å². The molecule has 1 saturated heterocycles. The fraction of sp³-hybridized carbons (Fsp3) is 0.571. The normalized spacial score (nSPS) is 20.8. The third kappa shape index (κ3) is 2.97. The highest BCUT2D eigenvalue weighted by Gasteiger charge is 2.27. The molecule has 1 atom stereocenters. The molecule has 0 bridgehead atoms. The maximum absolute atomic E-state index is 9.57. The molecule has 0 aromatic heterocycles. The molecule has 100 valence electrons. The first-order valence-electron chi connectivity index (χ1n) is 6.25. The maximum atomic E-state index is 9.57. The van der Waals surface area contributed by atoms with Gasteiger partial charge < -0.3 is 14.7 Å². The Balaban J connectivity index is 2.21. The second-order valence-electron chi connectivity index (χ2n) is 5.41. The van der Waals surface area contributed by atoms with Crippen LogP contribution in [0.25, 0.3) is 0 Å². The summed E-state index contributed by atoms with van der Waals surface area (Å²) < 4.78 is 5.69. The van der Waals surface area contributed by atoms with Crippen molar-refractivity contribution in [2.24, 2.45) is 0 Å². The zero-order chi connectivity index (χ0) is 13.3. The summed E-state index contributed by atoms with van der Waals surface area (Å²) in [6.45, 7) is 8.34. The van der Waals surface area contributed by atoms with Gasteiger partial charge in [-0.1, -0.05) is 17.7 Å². The van der Waals surface area contributed by atoms with Crippen LogP contribution in [0.15, 0.2) is 18.2 Å². The van der Waals surface area contributed by atoms with Crippen LogP contribution >= 0.6 is 11.6 Å². The first-order valence-corrected chi connectivity index (χ1v) is 6.63. The van der Waals surface area contributed by atoms with Crippen LogP contribution in [0.1, 0.15) is 32.4 Å². The molecular formula is C14H20ClNO2. The van der Waals surface area contributed by atoms with E-state index in [1.807, 2.05) is 18.2 Å². The van der Waals surface area contributed by atoms with Crippen molar-refractivity contribution in [3.05, 3.63) is 28.8 Å². The van der Waals surface area contributed by atoms with Crippen molar-refractivity contribution >= 4 is 17.3 Å². The van der Waals surface area contributed by atoms with Gasteiger partial charge in [-0.15, -0.1) is 0 Å². The van der Waals surface area contributed by atoms with Gasteiger partial charge in [0.1, 0.15) is 0 Å². The second kappa shape index (κ2) is 5.08. The predicted molar refractivity (Wildman–Crippen MR) is 74.3 cm³/mol. The third-order valence-corrected chi connectivity index (χ3v) is 3.55. The average molecular weight is 270 g/mol. The predicted octanol–water partition coefficient (Wildman–Crippen LogP) is 3.01. The minimum absolute atomic E-state index is 0.131. The SMILES string of the molecule is CC(O)c1ccc(N2CCOC(C)(C)C2)cc1Cl. The van der Waals surface area contributed by atoms with Crippen LogP contribution in [0.5, 0.6) is 0 Å². The second-order valence-corrected chi connectivity index (χ2v) is 5.82.